The maximum Gasteiger partial charge on any atom is 0.228 e. The normalized spacial score (nSPS) is 16.4. The van der Waals surface area contributed by atoms with Gasteiger partial charge in [0.25, 0.3) is 0 Å². The smallest absolute Gasteiger partial charge is 0.228 e. The fourth-order valence-electron chi connectivity index (χ4n) is 3.97. The van der Waals surface area contributed by atoms with Gasteiger partial charge in [0.15, 0.2) is 5.82 Å². The third-order valence-corrected chi connectivity index (χ3v) is 6.30. The zero-order valence-electron chi connectivity index (χ0n) is 17.5. The molecular weight excluding hydrogens is 429 g/mol. The molecule has 5 heterocycles. The van der Waals surface area contributed by atoms with Gasteiger partial charge in [-0.1, -0.05) is 0 Å². The van der Waals surface area contributed by atoms with Crippen LogP contribution in [0.3, 0.4) is 0 Å². The Balaban J connectivity index is 1.29. The van der Waals surface area contributed by atoms with Gasteiger partial charge in [0, 0.05) is 36.9 Å². The molecule has 8 nitrogen and oxygen atoms in total. The van der Waals surface area contributed by atoms with E-state index >= 15 is 0 Å². The highest BCUT2D eigenvalue weighted by Gasteiger charge is 2.24. The molecule has 164 valence electrons. The van der Waals surface area contributed by atoms with Gasteiger partial charge in [0.05, 0.1) is 23.3 Å². The molecule has 1 aliphatic rings. The van der Waals surface area contributed by atoms with Crippen LogP contribution >= 0.6 is 11.3 Å². The number of likely N-dealkylation sites (tertiary alicyclic amines) is 1. The molecule has 4 aromatic rings. The number of nitrogens with zero attached hydrogens (tertiary/aromatic N) is 6. The number of thiazole rings is 1. The summed E-state index contributed by atoms with van der Waals surface area (Å²) in [5.74, 6) is 0.857. The van der Waals surface area contributed by atoms with Crippen molar-refractivity contribution in [3.63, 3.8) is 0 Å². The topological polar surface area (TPSA) is 88.3 Å². The summed E-state index contributed by atoms with van der Waals surface area (Å²) in [6.45, 7) is 3.31. The van der Waals surface area contributed by atoms with E-state index in [2.05, 4.69) is 25.3 Å². The second-order valence-electron chi connectivity index (χ2n) is 7.84. The average Bonchev–Trinajstić information content (AvgIpc) is 3.39. The second kappa shape index (κ2) is 8.62. The van der Waals surface area contributed by atoms with Gasteiger partial charge in [-0.15, -0.1) is 11.3 Å². The molecule has 4 aromatic heterocycles. The Bertz CT molecular complexity index is 1270. The van der Waals surface area contributed by atoms with E-state index in [0.29, 0.717) is 35.9 Å². The Morgan fingerprint density at radius 1 is 1.28 bits per heavy atom. The Labute approximate surface area is 188 Å². The number of halogens is 1. The maximum atomic E-state index is 13.7. The van der Waals surface area contributed by atoms with Crippen LogP contribution in [-0.4, -0.2) is 54.3 Å². The van der Waals surface area contributed by atoms with Crippen molar-refractivity contribution in [2.75, 3.05) is 18.4 Å². The number of anilines is 1. The van der Waals surface area contributed by atoms with E-state index in [0.717, 1.165) is 30.1 Å². The first-order valence-electron chi connectivity index (χ1n) is 10.5. The quantitative estimate of drug-likeness (QED) is 0.501. The highest BCUT2D eigenvalue weighted by atomic mass is 32.1. The third kappa shape index (κ3) is 4.31. The van der Waals surface area contributed by atoms with Crippen molar-refractivity contribution >= 4 is 28.7 Å². The first-order valence-corrected chi connectivity index (χ1v) is 11.3. The van der Waals surface area contributed by atoms with Gasteiger partial charge < -0.3 is 10.2 Å². The number of carbonyl (C=O) groups excluding carboxylic acids is 1. The molecule has 0 bridgehead atoms. The molecule has 1 fully saturated rings. The monoisotopic (exact) mass is 451 g/mol. The van der Waals surface area contributed by atoms with Crippen LogP contribution in [0.5, 0.6) is 0 Å². The van der Waals surface area contributed by atoms with E-state index in [1.165, 1.54) is 12.3 Å². The number of hydrogen-bond acceptors (Lipinski definition) is 7. The zero-order chi connectivity index (χ0) is 22.1. The Morgan fingerprint density at radius 3 is 3.03 bits per heavy atom. The predicted molar refractivity (Wildman–Crippen MR) is 120 cm³/mol. The Morgan fingerprint density at radius 2 is 2.19 bits per heavy atom. The van der Waals surface area contributed by atoms with Crippen LogP contribution in [0, 0.1) is 12.7 Å². The summed E-state index contributed by atoms with van der Waals surface area (Å²) in [5, 5.41) is 6.35. The highest BCUT2D eigenvalue weighted by molar-refractivity contribution is 7.09. The minimum Gasteiger partial charge on any atom is -0.365 e. The van der Waals surface area contributed by atoms with Crippen LogP contribution in [-0.2, 0) is 11.2 Å². The SMILES string of the molecule is Cc1nc(CC(=O)N2CCC[C@@H](Nc3ccnc(-c4cnc5ccc(F)cn45)n3)C2)cs1. The molecule has 0 aromatic carbocycles. The summed E-state index contributed by atoms with van der Waals surface area (Å²) in [6, 6.07) is 4.87. The van der Waals surface area contributed by atoms with Crippen LogP contribution in [0.25, 0.3) is 17.2 Å². The largest absolute Gasteiger partial charge is 0.365 e. The molecule has 0 saturated carbocycles. The van der Waals surface area contributed by atoms with Crippen LogP contribution in [0.15, 0.2) is 42.2 Å². The predicted octanol–water partition coefficient (Wildman–Crippen LogP) is 3.34. The van der Waals surface area contributed by atoms with Crippen molar-refractivity contribution < 1.29 is 9.18 Å². The van der Waals surface area contributed by atoms with E-state index < -0.39 is 0 Å². The van der Waals surface area contributed by atoms with Crippen molar-refractivity contribution in [3.8, 4) is 11.5 Å². The lowest BCUT2D eigenvalue weighted by Crippen LogP contribution is -2.45. The van der Waals surface area contributed by atoms with E-state index in [4.69, 9.17) is 0 Å². The van der Waals surface area contributed by atoms with Crippen molar-refractivity contribution in [2.45, 2.75) is 32.2 Å². The number of carbonyl (C=O) groups is 1. The van der Waals surface area contributed by atoms with Gasteiger partial charge in [0.1, 0.15) is 23.0 Å². The minimum absolute atomic E-state index is 0.0900. The average molecular weight is 452 g/mol. The van der Waals surface area contributed by atoms with Crippen LogP contribution in [0.1, 0.15) is 23.5 Å². The van der Waals surface area contributed by atoms with Gasteiger partial charge in [-0.3, -0.25) is 9.20 Å². The second-order valence-corrected chi connectivity index (χ2v) is 8.90. The standard InChI is InChI=1S/C22H22FN7OS/c1-14-26-17(13-32-14)9-21(31)29-8-2-3-16(12-29)27-19-6-7-24-22(28-19)18-10-25-20-5-4-15(23)11-30(18)20/h4-7,10-11,13,16H,2-3,8-9,12H2,1H3,(H,24,27,28)/t16-/m1/s1. The highest BCUT2D eigenvalue weighted by Crippen LogP contribution is 2.21. The summed E-state index contributed by atoms with van der Waals surface area (Å²) in [4.78, 5) is 32.3. The molecule has 10 heteroatoms. The van der Waals surface area contributed by atoms with Crippen molar-refractivity contribution in [3.05, 3.63) is 58.7 Å². The summed E-state index contributed by atoms with van der Waals surface area (Å²) < 4.78 is 15.3. The number of rotatable bonds is 5. The minimum atomic E-state index is -0.356. The van der Waals surface area contributed by atoms with E-state index in [1.807, 2.05) is 17.2 Å². The van der Waals surface area contributed by atoms with Crippen molar-refractivity contribution in [1.29, 1.82) is 0 Å². The number of imidazole rings is 1. The number of piperidine rings is 1. The van der Waals surface area contributed by atoms with Crippen molar-refractivity contribution in [1.82, 2.24) is 29.2 Å². The molecular formula is C22H22FN7OS. The fourth-order valence-corrected chi connectivity index (χ4v) is 4.58. The Hall–Kier alpha value is -3.40. The number of pyridine rings is 1. The molecule has 5 rings (SSSR count). The molecule has 1 N–H and O–H groups in total. The first kappa shape index (κ1) is 20.5. The molecule has 0 unspecified atom stereocenters. The molecule has 32 heavy (non-hydrogen) atoms. The first-order chi connectivity index (χ1) is 15.5. The van der Waals surface area contributed by atoms with Gasteiger partial charge in [-0.2, -0.15) is 0 Å². The van der Waals surface area contributed by atoms with E-state index in [1.54, 1.807) is 40.3 Å². The van der Waals surface area contributed by atoms with Crippen LogP contribution in [0.2, 0.25) is 0 Å². The number of fused-ring (bicyclic) bond motifs is 1. The van der Waals surface area contributed by atoms with Crippen LogP contribution < -0.4 is 5.32 Å². The lowest BCUT2D eigenvalue weighted by atomic mass is 10.1. The molecule has 1 amide bonds. The summed E-state index contributed by atoms with van der Waals surface area (Å²) in [7, 11) is 0. The summed E-state index contributed by atoms with van der Waals surface area (Å²) >= 11 is 1.56. The molecule has 1 atom stereocenters. The molecule has 0 spiro atoms. The lowest BCUT2D eigenvalue weighted by molar-refractivity contribution is -0.131. The molecule has 0 aliphatic carbocycles. The molecule has 1 saturated heterocycles. The summed E-state index contributed by atoms with van der Waals surface area (Å²) in [5.41, 5.74) is 2.07. The van der Waals surface area contributed by atoms with Gasteiger partial charge >= 0.3 is 0 Å². The number of aromatic nitrogens is 5. The van der Waals surface area contributed by atoms with Crippen molar-refractivity contribution in [2.24, 2.45) is 0 Å². The van der Waals surface area contributed by atoms with Gasteiger partial charge in [-0.25, -0.2) is 24.3 Å². The van der Waals surface area contributed by atoms with Gasteiger partial charge in [0.2, 0.25) is 5.91 Å². The maximum absolute atomic E-state index is 13.7. The fraction of sp³-hybridized carbons (Fsp3) is 0.318. The number of amides is 1. The van der Waals surface area contributed by atoms with Crippen LogP contribution in [0.4, 0.5) is 10.2 Å². The molecule has 1 aliphatic heterocycles. The third-order valence-electron chi connectivity index (χ3n) is 5.48. The van der Waals surface area contributed by atoms with E-state index in [-0.39, 0.29) is 17.8 Å². The summed E-state index contributed by atoms with van der Waals surface area (Å²) in [6.07, 6.45) is 6.87. The number of nitrogens with one attached hydrogen (secondary N) is 1. The Kier molecular flexibility index (Phi) is 5.52. The number of hydrogen-bond donors (Lipinski definition) is 1. The van der Waals surface area contributed by atoms with Gasteiger partial charge in [-0.05, 0) is 38.0 Å². The number of aryl methyl sites for hydroxylation is 1. The lowest BCUT2D eigenvalue weighted by Gasteiger charge is -2.33. The zero-order valence-corrected chi connectivity index (χ0v) is 18.3. The van der Waals surface area contributed by atoms with E-state index in [9.17, 15) is 9.18 Å². The molecule has 0 radical (unpaired) electrons.